The van der Waals surface area contributed by atoms with Gasteiger partial charge in [0.25, 0.3) is 5.91 Å². The summed E-state index contributed by atoms with van der Waals surface area (Å²) in [5.74, 6) is 1.06. The molecule has 0 bridgehead atoms. The van der Waals surface area contributed by atoms with Crippen molar-refractivity contribution in [3.05, 3.63) is 52.8 Å². The van der Waals surface area contributed by atoms with Crippen LogP contribution >= 0.6 is 0 Å². The molecule has 0 spiro atoms. The Morgan fingerprint density at radius 1 is 1.16 bits per heavy atom. The SMILES string of the molecule is COc1cc2c(NC(C)c3cc(N)cc(C(F)(F)F)c3)nc(C)nc2cc1C(=O)N1C[C@@H](C)N[C@@H](C)C1. The Bertz CT molecular complexity index is 1320. The first-order valence-corrected chi connectivity index (χ1v) is 12.0. The summed E-state index contributed by atoms with van der Waals surface area (Å²) in [6, 6.07) is 6.60. The number of nitrogens with zero attached hydrogens (tertiary/aromatic N) is 3. The van der Waals surface area contributed by atoms with Crippen molar-refractivity contribution in [3.63, 3.8) is 0 Å². The minimum Gasteiger partial charge on any atom is -0.496 e. The van der Waals surface area contributed by atoms with Crippen LogP contribution in [0.1, 0.15) is 54.1 Å². The summed E-state index contributed by atoms with van der Waals surface area (Å²) < 4.78 is 45.5. The number of anilines is 2. The molecule has 1 aliphatic rings. The van der Waals surface area contributed by atoms with E-state index in [9.17, 15) is 18.0 Å². The highest BCUT2D eigenvalue weighted by Crippen LogP contribution is 2.35. The van der Waals surface area contributed by atoms with Crippen molar-refractivity contribution in [1.82, 2.24) is 20.2 Å². The second-order valence-electron chi connectivity index (χ2n) is 9.62. The number of halogens is 3. The van der Waals surface area contributed by atoms with E-state index in [2.05, 4.69) is 20.6 Å². The molecular weight excluding hydrogens is 485 g/mol. The van der Waals surface area contributed by atoms with Gasteiger partial charge in [0.2, 0.25) is 0 Å². The summed E-state index contributed by atoms with van der Waals surface area (Å²) in [5.41, 5.74) is 6.22. The summed E-state index contributed by atoms with van der Waals surface area (Å²) in [6.45, 7) is 8.63. The molecule has 37 heavy (non-hydrogen) atoms. The number of aromatic nitrogens is 2. The summed E-state index contributed by atoms with van der Waals surface area (Å²) in [7, 11) is 1.48. The van der Waals surface area contributed by atoms with Gasteiger partial charge in [-0.3, -0.25) is 4.79 Å². The maximum atomic E-state index is 13.4. The van der Waals surface area contributed by atoms with Crippen LogP contribution in [-0.4, -0.2) is 53.1 Å². The van der Waals surface area contributed by atoms with Gasteiger partial charge in [0.15, 0.2) is 0 Å². The number of carbonyl (C=O) groups excluding carboxylic acids is 1. The van der Waals surface area contributed by atoms with Crippen molar-refractivity contribution in [2.75, 3.05) is 31.2 Å². The van der Waals surface area contributed by atoms with Gasteiger partial charge in [-0.05, 0) is 63.6 Å². The van der Waals surface area contributed by atoms with Crippen LogP contribution in [0.2, 0.25) is 0 Å². The van der Waals surface area contributed by atoms with Crippen LogP contribution in [0.25, 0.3) is 10.9 Å². The normalized spacial score (nSPS) is 19.1. The lowest BCUT2D eigenvalue weighted by Gasteiger charge is -2.36. The van der Waals surface area contributed by atoms with Crippen LogP contribution in [0.15, 0.2) is 30.3 Å². The predicted octanol–water partition coefficient (Wildman–Crippen LogP) is 4.54. The number of methoxy groups -OCH3 is 1. The third kappa shape index (κ3) is 5.71. The molecule has 1 fully saturated rings. The number of amides is 1. The minimum absolute atomic E-state index is 0.0172. The van der Waals surface area contributed by atoms with Gasteiger partial charge in [-0.25, -0.2) is 9.97 Å². The number of rotatable bonds is 5. The Morgan fingerprint density at radius 3 is 2.46 bits per heavy atom. The molecule has 1 aliphatic heterocycles. The molecule has 0 radical (unpaired) electrons. The highest BCUT2D eigenvalue weighted by molar-refractivity contribution is 6.03. The number of nitrogens with two attached hydrogens (primary N) is 1. The van der Waals surface area contributed by atoms with Crippen molar-refractivity contribution >= 4 is 28.3 Å². The Kier molecular flexibility index (Phi) is 7.18. The van der Waals surface area contributed by atoms with Crippen molar-refractivity contribution < 1.29 is 22.7 Å². The molecular formula is C26H31F3N6O2. The molecule has 3 aromatic rings. The number of alkyl halides is 3. The number of aryl methyl sites for hydroxylation is 1. The molecule has 198 valence electrons. The fourth-order valence-electron chi connectivity index (χ4n) is 4.76. The first-order valence-electron chi connectivity index (χ1n) is 12.0. The lowest BCUT2D eigenvalue weighted by molar-refractivity contribution is -0.137. The average molecular weight is 517 g/mol. The predicted molar refractivity (Wildman–Crippen MR) is 137 cm³/mol. The van der Waals surface area contributed by atoms with Crippen LogP contribution in [0.3, 0.4) is 0 Å². The summed E-state index contributed by atoms with van der Waals surface area (Å²) in [5, 5.41) is 7.18. The van der Waals surface area contributed by atoms with Gasteiger partial charge < -0.3 is 26.0 Å². The van der Waals surface area contributed by atoms with Gasteiger partial charge in [0.05, 0.1) is 29.8 Å². The Labute approximate surface area is 213 Å². The van der Waals surface area contributed by atoms with Crippen LogP contribution < -0.4 is 21.1 Å². The number of ether oxygens (including phenoxy) is 1. The maximum Gasteiger partial charge on any atom is 0.416 e. The van der Waals surface area contributed by atoms with E-state index >= 15 is 0 Å². The van der Waals surface area contributed by atoms with Crippen LogP contribution in [-0.2, 0) is 6.18 Å². The Balaban J connectivity index is 1.71. The molecule has 4 N–H and O–H groups in total. The van der Waals surface area contributed by atoms with Gasteiger partial charge in [-0.2, -0.15) is 13.2 Å². The van der Waals surface area contributed by atoms with Crippen LogP contribution in [0.4, 0.5) is 24.7 Å². The molecule has 2 aromatic carbocycles. The third-order valence-electron chi connectivity index (χ3n) is 6.36. The van der Waals surface area contributed by atoms with Crippen molar-refractivity contribution in [2.24, 2.45) is 0 Å². The molecule has 0 saturated carbocycles. The van der Waals surface area contributed by atoms with E-state index in [-0.39, 0.29) is 23.7 Å². The number of piperazine rings is 1. The zero-order valence-electron chi connectivity index (χ0n) is 21.4. The first-order chi connectivity index (χ1) is 17.3. The maximum absolute atomic E-state index is 13.4. The number of benzene rings is 2. The van der Waals surface area contributed by atoms with Gasteiger partial charge in [-0.15, -0.1) is 0 Å². The lowest BCUT2D eigenvalue weighted by Crippen LogP contribution is -2.55. The number of fused-ring (bicyclic) bond motifs is 1. The number of carbonyl (C=O) groups is 1. The molecule has 3 atom stereocenters. The van der Waals surface area contributed by atoms with Crippen LogP contribution in [0, 0.1) is 6.92 Å². The van der Waals surface area contributed by atoms with Crippen LogP contribution in [0.5, 0.6) is 5.75 Å². The highest BCUT2D eigenvalue weighted by atomic mass is 19.4. The highest BCUT2D eigenvalue weighted by Gasteiger charge is 2.32. The van der Waals surface area contributed by atoms with E-state index in [1.54, 1.807) is 30.9 Å². The van der Waals surface area contributed by atoms with E-state index in [1.165, 1.54) is 13.2 Å². The summed E-state index contributed by atoms with van der Waals surface area (Å²) >= 11 is 0. The standard InChI is InChI=1S/C26H31F3N6O2/c1-13-11-35(12-14(2)31-13)25(36)21-9-22-20(10-23(21)37-5)24(34-16(4)33-22)32-15(3)17-6-18(26(27,28)29)8-19(30)7-17/h6-10,13-15,31H,11-12,30H2,1-5H3,(H,32,33,34)/t13-,14+,15?. The number of hydrogen-bond acceptors (Lipinski definition) is 7. The number of nitrogen functional groups attached to an aromatic ring is 1. The summed E-state index contributed by atoms with van der Waals surface area (Å²) in [6.07, 6.45) is -4.52. The molecule has 1 aromatic heterocycles. The number of nitrogens with one attached hydrogen (secondary N) is 2. The summed E-state index contributed by atoms with van der Waals surface area (Å²) in [4.78, 5) is 24.2. The Hall–Kier alpha value is -3.60. The lowest BCUT2D eigenvalue weighted by atomic mass is 10.0. The van der Waals surface area contributed by atoms with E-state index in [4.69, 9.17) is 10.5 Å². The van der Waals surface area contributed by atoms with Gasteiger partial charge >= 0.3 is 6.18 Å². The molecule has 2 heterocycles. The monoisotopic (exact) mass is 516 g/mol. The largest absolute Gasteiger partial charge is 0.496 e. The molecule has 1 amide bonds. The van der Waals surface area contributed by atoms with Crippen molar-refractivity contribution in [3.8, 4) is 5.75 Å². The van der Waals surface area contributed by atoms with E-state index in [0.717, 1.165) is 12.1 Å². The smallest absolute Gasteiger partial charge is 0.416 e. The average Bonchev–Trinajstić information content (AvgIpc) is 2.81. The minimum atomic E-state index is -4.52. The first kappa shape index (κ1) is 26.5. The second-order valence-corrected chi connectivity index (χ2v) is 9.62. The fraction of sp³-hybridized carbons (Fsp3) is 0.423. The zero-order valence-corrected chi connectivity index (χ0v) is 21.4. The van der Waals surface area contributed by atoms with E-state index < -0.39 is 17.8 Å². The second kappa shape index (κ2) is 10.0. The van der Waals surface area contributed by atoms with E-state index in [0.29, 0.717) is 52.5 Å². The van der Waals surface area contributed by atoms with Gasteiger partial charge in [0.1, 0.15) is 17.4 Å². The molecule has 11 heteroatoms. The zero-order chi connectivity index (χ0) is 27.1. The van der Waals surface area contributed by atoms with Crippen molar-refractivity contribution in [2.45, 2.75) is 52.0 Å². The molecule has 8 nitrogen and oxygen atoms in total. The quantitative estimate of drug-likeness (QED) is 0.428. The molecule has 1 saturated heterocycles. The molecule has 0 aliphatic carbocycles. The number of hydrogen-bond donors (Lipinski definition) is 3. The molecule has 1 unspecified atom stereocenters. The third-order valence-corrected chi connectivity index (χ3v) is 6.36. The fourth-order valence-corrected chi connectivity index (χ4v) is 4.76. The van der Waals surface area contributed by atoms with Crippen molar-refractivity contribution in [1.29, 1.82) is 0 Å². The molecule has 4 rings (SSSR count). The van der Waals surface area contributed by atoms with Gasteiger partial charge in [0, 0.05) is 36.2 Å². The Morgan fingerprint density at radius 2 is 1.84 bits per heavy atom. The topological polar surface area (TPSA) is 105 Å². The van der Waals surface area contributed by atoms with Gasteiger partial charge in [-0.1, -0.05) is 0 Å². The van der Waals surface area contributed by atoms with E-state index in [1.807, 2.05) is 13.8 Å².